The van der Waals surface area contributed by atoms with E-state index in [4.69, 9.17) is 4.74 Å². The quantitative estimate of drug-likeness (QED) is 0.631. The second-order valence-electron chi connectivity index (χ2n) is 6.61. The molecular formula is C21H20N2O3S. The number of benzene rings is 2. The van der Waals surface area contributed by atoms with Crippen molar-refractivity contribution < 1.29 is 14.3 Å². The van der Waals surface area contributed by atoms with Gasteiger partial charge in [0.1, 0.15) is 5.01 Å². The van der Waals surface area contributed by atoms with Crippen LogP contribution in [0.4, 0.5) is 0 Å². The van der Waals surface area contributed by atoms with Gasteiger partial charge >= 0.3 is 5.97 Å². The van der Waals surface area contributed by atoms with E-state index in [1.165, 1.54) is 4.70 Å². The molecule has 2 aromatic carbocycles. The summed E-state index contributed by atoms with van der Waals surface area (Å²) in [6.07, 6.45) is 0.239. The monoisotopic (exact) mass is 380 g/mol. The zero-order valence-electron chi connectivity index (χ0n) is 15.1. The zero-order chi connectivity index (χ0) is 18.8. The average molecular weight is 380 g/mol. The largest absolute Gasteiger partial charge is 0.466 e. The lowest BCUT2D eigenvalue weighted by Crippen LogP contribution is -2.26. The highest BCUT2D eigenvalue weighted by atomic mass is 32.1. The van der Waals surface area contributed by atoms with Crippen molar-refractivity contribution >= 4 is 33.4 Å². The second-order valence-corrected chi connectivity index (χ2v) is 7.64. The van der Waals surface area contributed by atoms with Crippen molar-refractivity contribution in [3.8, 4) is 10.6 Å². The molecule has 1 saturated heterocycles. The van der Waals surface area contributed by atoms with Gasteiger partial charge in [-0.2, -0.15) is 0 Å². The number of likely N-dealkylation sites (tertiary alicyclic amines) is 1. The van der Waals surface area contributed by atoms with Crippen LogP contribution in [0.3, 0.4) is 0 Å². The van der Waals surface area contributed by atoms with Gasteiger partial charge in [0.2, 0.25) is 5.91 Å². The highest BCUT2D eigenvalue weighted by molar-refractivity contribution is 7.21. The molecule has 1 aliphatic heterocycles. The minimum Gasteiger partial charge on any atom is -0.466 e. The summed E-state index contributed by atoms with van der Waals surface area (Å²) < 4.78 is 6.21. The Balaban J connectivity index is 1.45. The van der Waals surface area contributed by atoms with E-state index < -0.39 is 0 Å². The minimum absolute atomic E-state index is 0.00306. The van der Waals surface area contributed by atoms with Crippen LogP contribution >= 0.6 is 11.3 Å². The molecule has 0 aliphatic carbocycles. The van der Waals surface area contributed by atoms with Crippen molar-refractivity contribution in [2.75, 3.05) is 13.2 Å². The molecule has 1 atom stereocenters. The summed E-state index contributed by atoms with van der Waals surface area (Å²) in [4.78, 5) is 30.5. The molecule has 0 unspecified atom stereocenters. The first kappa shape index (κ1) is 17.7. The molecule has 0 saturated carbocycles. The van der Waals surface area contributed by atoms with E-state index in [1.54, 1.807) is 23.2 Å². The minimum atomic E-state index is -0.348. The Morgan fingerprint density at radius 2 is 2.00 bits per heavy atom. The summed E-state index contributed by atoms with van der Waals surface area (Å²) in [5.74, 6) is -0.623. The van der Waals surface area contributed by atoms with E-state index in [9.17, 15) is 9.59 Å². The molecule has 3 aromatic rings. The molecule has 0 bridgehead atoms. The van der Waals surface area contributed by atoms with Crippen molar-refractivity contribution in [3.63, 3.8) is 0 Å². The van der Waals surface area contributed by atoms with E-state index >= 15 is 0 Å². The van der Waals surface area contributed by atoms with Gasteiger partial charge < -0.3 is 9.64 Å². The van der Waals surface area contributed by atoms with Crippen LogP contribution in [-0.4, -0.2) is 34.9 Å². The number of hydrogen-bond donors (Lipinski definition) is 0. The van der Waals surface area contributed by atoms with Crippen LogP contribution in [0.2, 0.25) is 0 Å². The predicted octanol–water partition coefficient (Wildman–Crippen LogP) is 3.87. The Hall–Kier alpha value is -2.73. The highest BCUT2D eigenvalue weighted by Gasteiger charge is 2.35. The summed E-state index contributed by atoms with van der Waals surface area (Å²) in [6, 6.07) is 16.2. The van der Waals surface area contributed by atoms with Crippen molar-refractivity contribution in [1.29, 1.82) is 0 Å². The number of rotatable bonds is 5. The lowest BCUT2D eigenvalue weighted by atomic mass is 10.1. The van der Waals surface area contributed by atoms with Gasteiger partial charge in [0, 0.05) is 25.1 Å². The smallest absolute Gasteiger partial charge is 0.311 e. The van der Waals surface area contributed by atoms with E-state index in [0.29, 0.717) is 19.7 Å². The highest BCUT2D eigenvalue weighted by Crippen LogP contribution is 2.30. The first-order valence-electron chi connectivity index (χ1n) is 9.03. The first-order valence-corrected chi connectivity index (χ1v) is 9.85. The molecule has 138 valence electrons. The number of nitrogens with zero attached hydrogens (tertiary/aromatic N) is 2. The summed E-state index contributed by atoms with van der Waals surface area (Å²) in [7, 11) is 0. The average Bonchev–Trinajstić information content (AvgIpc) is 3.26. The third-order valence-corrected chi connectivity index (χ3v) is 5.79. The van der Waals surface area contributed by atoms with Crippen LogP contribution in [0.15, 0.2) is 48.5 Å². The fourth-order valence-corrected chi connectivity index (χ4v) is 4.28. The maximum atomic E-state index is 12.2. The number of esters is 1. The zero-order valence-corrected chi connectivity index (χ0v) is 15.9. The first-order chi connectivity index (χ1) is 13.1. The van der Waals surface area contributed by atoms with E-state index in [0.717, 1.165) is 21.7 Å². The number of thiazole rings is 1. The molecule has 4 rings (SSSR count). The number of amides is 1. The maximum Gasteiger partial charge on any atom is 0.311 e. The van der Waals surface area contributed by atoms with Gasteiger partial charge in [0.05, 0.1) is 22.7 Å². The van der Waals surface area contributed by atoms with Crippen molar-refractivity contribution in [2.45, 2.75) is 19.9 Å². The molecule has 27 heavy (non-hydrogen) atoms. The van der Waals surface area contributed by atoms with Crippen LogP contribution < -0.4 is 0 Å². The molecule has 1 fully saturated rings. The topological polar surface area (TPSA) is 59.5 Å². The number of aromatic nitrogens is 1. The van der Waals surface area contributed by atoms with Gasteiger partial charge in [-0.1, -0.05) is 36.4 Å². The molecule has 0 radical (unpaired) electrons. The fraction of sp³-hybridized carbons (Fsp3) is 0.286. The van der Waals surface area contributed by atoms with Gasteiger partial charge in [-0.05, 0) is 24.6 Å². The van der Waals surface area contributed by atoms with Crippen LogP contribution in [-0.2, 0) is 20.9 Å². The molecular weight excluding hydrogens is 360 g/mol. The number of para-hydroxylation sites is 1. The van der Waals surface area contributed by atoms with Crippen molar-refractivity contribution in [3.05, 3.63) is 54.1 Å². The Labute approximate surface area is 161 Å². The van der Waals surface area contributed by atoms with Crippen LogP contribution in [0.5, 0.6) is 0 Å². The van der Waals surface area contributed by atoms with Gasteiger partial charge in [-0.25, -0.2) is 4.98 Å². The maximum absolute atomic E-state index is 12.2. The normalized spacial score (nSPS) is 16.9. The lowest BCUT2D eigenvalue weighted by Gasteiger charge is -2.16. The van der Waals surface area contributed by atoms with Gasteiger partial charge in [-0.15, -0.1) is 11.3 Å². The number of hydrogen-bond acceptors (Lipinski definition) is 5. The van der Waals surface area contributed by atoms with Crippen LogP contribution in [0.25, 0.3) is 20.8 Å². The summed E-state index contributed by atoms with van der Waals surface area (Å²) in [6.45, 7) is 3.06. The molecule has 2 heterocycles. The van der Waals surface area contributed by atoms with Gasteiger partial charge in [-0.3, -0.25) is 9.59 Å². The number of carbonyl (C=O) groups is 2. The van der Waals surface area contributed by atoms with Gasteiger partial charge in [0.15, 0.2) is 0 Å². The number of ether oxygens (including phenoxy) is 1. The van der Waals surface area contributed by atoms with E-state index in [-0.39, 0.29) is 24.2 Å². The van der Waals surface area contributed by atoms with Gasteiger partial charge in [0.25, 0.3) is 0 Å². The standard InChI is InChI=1S/C21H20N2O3S/c1-2-26-21(25)16-11-19(24)23(13-16)12-14-7-9-15(10-8-14)20-22-17-5-3-4-6-18(17)27-20/h3-10,16H,2,11-13H2,1H3/t16-/m1/s1. The van der Waals surface area contributed by atoms with E-state index in [1.807, 2.05) is 42.5 Å². The second kappa shape index (κ2) is 7.48. The SMILES string of the molecule is CCOC(=O)[C@@H]1CC(=O)N(Cc2ccc(-c3nc4ccccc4s3)cc2)C1. The van der Waals surface area contributed by atoms with Crippen molar-refractivity contribution in [1.82, 2.24) is 9.88 Å². The summed E-state index contributed by atoms with van der Waals surface area (Å²) >= 11 is 1.67. The molecule has 6 heteroatoms. The summed E-state index contributed by atoms with van der Waals surface area (Å²) in [5, 5.41) is 0.988. The predicted molar refractivity (Wildman–Crippen MR) is 105 cm³/mol. The fourth-order valence-electron chi connectivity index (χ4n) is 3.31. The molecule has 5 nitrogen and oxygen atoms in total. The Bertz CT molecular complexity index is 948. The molecule has 0 N–H and O–H groups in total. The Kier molecular flexibility index (Phi) is 4.90. The molecule has 1 aromatic heterocycles. The number of fused-ring (bicyclic) bond motifs is 1. The van der Waals surface area contributed by atoms with Crippen LogP contribution in [0.1, 0.15) is 18.9 Å². The third-order valence-electron chi connectivity index (χ3n) is 4.70. The molecule has 0 spiro atoms. The summed E-state index contributed by atoms with van der Waals surface area (Å²) in [5.41, 5.74) is 3.11. The third kappa shape index (κ3) is 3.71. The molecule has 1 aliphatic rings. The van der Waals surface area contributed by atoms with Crippen LogP contribution in [0, 0.1) is 5.92 Å². The van der Waals surface area contributed by atoms with E-state index in [2.05, 4.69) is 11.1 Å². The Morgan fingerprint density at radius 3 is 2.74 bits per heavy atom. The Morgan fingerprint density at radius 1 is 1.22 bits per heavy atom. The molecule has 1 amide bonds. The van der Waals surface area contributed by atoms with Crippen molar-refractivity contribution in [2.24, 2.45) is 5.92 Å². The number of carbonyl (C=O) groups excluding carboxylic acids is 2. The lowest BCUT2D eigenvalue weighted by molar-refractivity contribution is -0.147.